The van der Waals surface area contributed by atoms with Gasteiger partial charge in [-0.3, -0.25) is 4.98 Å². The molecule has 1 atom stereocenters. The minimum absolute atomic E-state index is 0.354. The second-order valence-electron chi connectivity index (χ2n) is 5.38. The van der Waals surface area contributed by atoms with Crippen molar-refractivity contribution in [1.29, 1.82) is 0 Å². The molecule has 0 spiro atoms. The standard InChI is InChI=1S/C16H28N2O/c1-4-9-18-16(15-6-5-10-17-13-15)8-12-19-11-7-14(2)3/h5-6,10,13-14,16,18H,4,7-9,11-12H2,1-3H3. The van der Waals surface area contributed by atoms with Crippen LogP contribution in [-0.4, -0.2) is 24.7 Å². The zero-order valence-corrected chi connectivity index (χ0v) is 12.6. The molecule has 0 amide bonds. The van der Waals surface area contributed by atoms with Gasteiger partial charge in [-0.2, -0.15) is 0 Å². The van der Waals surface area contributed by atoms with Gasteiger partial charge in [0.15, 0.2) is 0 Å². The van der Waals surface area contributed by atoms with Crippen molar-refractivity contribution in [2.24, 2.45) is 5.92 Å². The van der Waals surface area contributed by atoms with E-state index in [1.165, 1.54) is 5.56 Å². The van der Waals surface area contributed by atoms with Crippen LogP contribution in [0.5, 0.6) is 0 Å². The van der Waals surface area contributed by atoms with Crippen LogP contribution in [0.25, 0.3) is 0 Å². The van der Waals surface area contributed by atoms with E-state index in [1.807, 2.05) is 18.5 Å². The number of aromatic nitrogens is 1. The lowest BCUT2D eigenvalue weighted by molar-refractivity contribution is 0.114. The summed E-state index contributed by atoms with van der Waals surface area (Å²) in [5.41, 5.74) is 1.25. The van der Waals surface area contributed by atoms with Crippen molar-refractivity contribution in [3.63, 3.8) is 0 Å². The monoisotopic (exact) mass is 264 g/mol. The van der Waals surface area contributed by atoms with E-state index in [2.05, 4.69) is 37.1 Å². The molecule has 3 heteroatoms. The quantitative estimate of drug-likeness (QED) is 0.656. The van der Waals surface area contributed by atoms with Crippen molar-refractivity contribution in [2.45, 2.75) is 46.1 Å². The van der Waals surface area contributed by atoms with Crippen molar-refractivity contribution in [1.82, 2.24) is 10.3 Å². The van der Waals surface area contributed by atoms with Crippen LogP contribution in [0.3, 0.4) is 0 Å². The predicted octanol–water partition coefficient (Wildman–Crippen LogP) is 3.58. The average Bonchev–Trinajstić information content (AvgIpc) is 2.42. The van der Waals surface area contributed by atoms with Crippen LogP contribution < -0.4 is 5.32 Å². The van der Waals surface area contributed by atoms with Crippen molar-refractivity contribution < 1.29 is 4.74 Å². The van der Waals surface area contributed by atoms with E-state index in [1.54, 1.807) is 0 Å². The highest BCUT2D eigenvalue weighted by atomic mass is 16.5. The van der Waals surface area contributed by atoms with E-state index in [0.717, 1.165) is 39.0 Å². The fourth-order valence-corrected chi connectivity index (χ4v) is 1.91. The lowest BCUT2D eigenvalue weighted by Gasteiger charge is -2.18. The average molecular weight is 264 g/mol. The van der Waals surface area contributed by atoms with E-state index in [0.29, 0.717) is 12.0 Å². The number of pyridine rings is 1. The Morgan fingerprint density at radius 3 is 2.68 bits per heavy atom. The van der Waals surface area contributed by atoms with Gasteiger partial charge in [0.05, 0.1) is 0 Å². The Morgan fingerprint density at radius 2 is 2.05 bits per heavy atom. The van der Waals surface area contributed by atoms with Crippen LogP contribution in [0, 0.1) is 5.92 Å². The predicted molar refractivity (Wildman–Crippen MR) is 80.2 cm³/mol. The minimum Gasteiger partial charge on any atom is -0.381 e. The van der Waals surface area contributed by atoms with Gasteiger partial charge in [-0.1, -0.05) is 26.8 Å². The first-order chi connectivity index (χ1) is 9.24. The molecule has 1 aromatic heterocycles. The maximum Gasteiger partial charge on any atom is 0.0484 e. The fourth-order valence-electron chi connectivity index (χ4n) is 1.91. The lowest BCUT2D eigenvalue weighted by atomic mass is 10.1. The van der Waals surface area contributed by atoms with Gasteiger partial charge in [0, 0.05) is 31.6 Å². The highest BCUT2D eigenvalue weighted by Crippen LogP contribution is 2.15. The van der Waals surface area contributed by atoms with Gasteiger partial charge < -0.3 is 10.1 Å². The SMILES string of the molecule is CCCNC(CCOCCC(C)C)c1cccnc1. The summed E-state index contributed by atoms with van der Waals surface area (Å²) in [5, 5.41) is 3.57. The van der Waals surface area contributed by atoms with Gasteiger partial charge >= 0.3 is 0 Å². The molecule has 1 N–H and O–H groups in total. The molecular weight excluding hydrogens is 236 g/mol. The normalized spacial score (nSPS) is 12.8. The molecule has 108 valence electrons. The number of hydrogen-bond donors (Lipinski definition) is 1. The first-order valence-electron chi connectivity index (χ1n) is 7.45. The van der Waals surface area contributed by atoms with Crippen molar-refractivity contribution in [3.8, 4) is 0 Å². The van der Waals surface area contributed by atoms with E-state index >= 15 is 0 Å². The molecular formula is C16H28N2O. The van der Waals surface area contributed by atoms with Gasteiger partial charge in [0.2, 0.25) is 0 Å². The fraction of sp³-hybridized carbons (Fsp3) is 0.688. The second-order valence-corrected chi connectivity index (χ2v) is 5.38. The molecule has 1 rings (SSSR count). The first kappa shape index (κ1) is 16.1. The molecule has 0 saturated heterocycles. The van der Waals surface area contributed by atoms with Gasteiger partial charge in [-0.15, -0.1) is 0 Å². The van der Waals surface area contributed by atoms with E-state index < -0.39 is 0 Å². The molecule has 0 fully saturated rings. The maximum absolute atomic E-state index is 5.72. The van der Waals surface area contributed by atoms with Crippen molar-refractivity contribution in [2.75, 3.05) is 19.8 Å². The highest BCUT2D eigenvalue weighted by Gasteiger charge is 2.10. The summed E-state index contributed by atoms with van der Waals surface area (Å²) in [6.07, 6.45) is 7.05. The summed E-state index contributed by atoms with van der Waals surface area (Å²) in [5.74, 6) is 0.715. The molecule has 0 aliphatic carbocycles. The molecule has 1 unspecified atom stereocenters. The summed E-state index contributed by atoms with van der Waals surface area (Å²) in [7, 11) is 0. The van der Waals surface area contributed by atoms with E-state index in [-0.39, 0.29) is 0 Å². The molecule has 0 aromatic carbocycles. The maximum atomic E-state index is 5.72. The van der Waals surface area contributed by atoms with Gasteiger partial charge in [0.1, 0.15) is 0 Å². The largest absolute Gasteiger partial charge is 0.381 e. The topological polar surface area (TPSA) is 34.1 Å². The summed E-state index contributed by atoms with van der Waals surface area (Å²) in [6.45, 7) is 9.35. The molecule has 0 radical (unpaired) electrons. The molecule has 0 aliphatic rings. The van der Waals surface area contributed by atoms with E-state index in [4.69, 9.17) is 4.74 Å². The van der Waals surface area contributed by atoms with Gasteiger partial charge in [-0.05, 0) is 43.4 Å². The summed E-state index contributed by atoms with van der Waals surface area (Å²) in [6, 6.07) is 4.48. The van der Waals surface area contributed by atoms with Crippen LogP contribution in [0.15, 0.2) is 24.5 Å². The first-order valence-corrected chi connectivity index (χ1v) is 7.45. The number of nitrogens with one attached hydrogen (secondary N) is 1. The highest BCUT2D eigenvalue weighted by molar-refractivity contribution is 5.13. The Labute approximate surface area is 117 Å². The summed E-state index contributed by atoms with van der Waals surface area (Å²) < 4.78 is 5.72. The smallest absolute Gasteiger partial charge is 0.0484 e. The van der Waals surface area contributed by atoms with Gasteiger partial charge in [0.25, 0.3) is 0 Å². The zero-order valence-electron chi connectivity index (χ0n) is 12.6. The number of ether oxygens (including phenoxy) is 1. The lowest BCUT2D eigenvalue weighted by Crippen LogP contribution is -2.23. The third-order valence-electron chi connectivity index (χ3n) is 3.12. The van der Waals surface area contributed by atoms with Gasteiger partial charge in [-0.25, -0.2) is 0 Å². The zero-order chi connectivity index (χ0) is 13.9. The van der Waals surface area contributed by atoms with Crippen LogP contribution in [0.4, 0.5) is 0 Å². The molecule has 1 heterocycles. The van der Waals surface area contributed by atoms with E-state index in [9.17, 15) is 0 Å². The van der Waals surface area contributed by atoms with Crippen LogP contribution in [-0.2, 0) is 4.74 Å². The third-order valence-corrected chi connectivity index (χ3v) is 3.12. The summed E-state index contributed by atoms with van der Waals surface area (Å²) >= 11 is 0. The number of rotatable bonds is 10. The Bertz CT molecular complexity index is 314. The molecule has 0 aliphatic heterocycles. The molecule has 3 nitrogen and oxygen atoms in total. The number of hydrogen-bond acceptors (Lipinski definition) is 3. The van der Waals surface area contributed by atoms with Crippen LogP contribution in [0.2, 0.25) is 0 Å². The number of nitrogens with zero attached hydrogens (tertiary/aromatic N) is 1. The Kier molecular flexibility index (Phi) is 8.43. The molecule has 0 bridgehead atoms. The Hall–Kier alpha value is -0.930. The minimum atomic E-state index is 0.354. The molecule has 1 aromatic rings. The Morgan fingerprint density at radius 1 is 1.26 bits per heavy atom. The third kappa shape index (κ3) is 7.28. The van der Waals surface area contributed by atoms with Crippen LogP contribution in [0.1, 0.15) is 51.6 Å². The van der Waals surface area contributed by atoms with Crippen molar-refractivity contribution >= 4 is 0 Å². The van der Waals surface area contributed by atoms with Crippen LogP contribution >= 0.6 is 0 Å². The Balaban J connectivity index is 2.34. The second kappa shape index (κ2) is 9.93. The molecule has 19 heavy (non-hydrogen) atoms. The molecule has 0 saturated carbocycles. The summed E-state index contributed by atoms with van der Waals surface area (Å²) in [4.78, 5) is 4.20. The van der Waals surface area contributed by atoms with Crippen molar-refractivity contribution in [3.05, 3.63) is 30.1 Å².